The fourth-order valence-corrected chi connectivity index (χ4v) is 1.08. The number of rotatable bonds is 3. The van der Waals surface area contributed by atoms with Crippen LogP contribution in [0.5, 0.6) is 0 Å². The second-order valence-electron chi connectivity index (χ2n) is 2.72. The third-order valence-electron chi connectivity index (χ3n) is 1.79. The number of halogens is 1. The number of benzene rings is 1. The van der Waals surface area contributed by atoms with Crippen LogP contribution in [-0.4, -0.2) is 6.54 Å². The molecule has 0 saturated heterocycles. The number of nitrogens with one attached hydrogen (secondary N) is 1. The van der Waals surface area contributed by atoms with E-state index in [1.54, 1.807) is 0 Å². The standard InChI is InChI=1S/C9H14N2.ClH/c1-8(7-11-10)9-5-3-2-4-6-9;/h2-6,8,11H,7,10H2,1H3;1H. The second kappa shape index (κ2) is 6.00. The lowest BCUT2D eigenvalue weighted by molar-refractivity contribution is 0.640. The molecule has 0 aliphatic carbocycles. The Bertz CT molecular complexity index is 201. The Hall–Kier alpha value is -0.570. The Morgan fingerprint density at radius 1 is 1.33 bits per heavy atom. The summed E-state index contributed by atoms with van der Waals surface area (Å²) in [7, 11) is 0. The van der Waals surface area contributed by atoms with E-state index in [2.05, 4.69) is 24.5 Å². The zero-order valence-electron chi connectivity index (χ0n) is 7.16. The van der Waals surface area contributed by atoms with Gasteiger partial charge in [0.15, 0.2) is 0 Å². The fourth-order valence-electron chi connectivity index (χ4n) is 1.08. The monoisotopic (exact) mass is 186 g/mol. The van der Waals surface area contributed by atoms with Crippen molar-refractivity contribution >= 4 is 12.4 Å². The lowest BCUT2D eigenvalue weighted by Crippen LogP contribution is -2.26. The van der Waals surface area contributed by atoms with Gasteiger partial charge < -0.3 is 0 Å². The van der Waals surface area contributed by atoms with Crippen LogP contribution < -0.4 is 11.3 Å². The van der Waals surface area contributed by atoms with Gasteiger partial charge in [-0.3, -0.25) is 11.3 Å². The van der Waals surface area contributed by atoms with Crippen molar-refractivity contribution in [1.29, 1.82) is 0 Å². The summed E-state index contributed by atoms with van der Waals surface area (Å²) in [5.74, 6) is 5.70. The molecule has 0 aliphatic heterocycles. The van der Waals surface area contributed by atoms with E-state index in [9.17, 15) is 0 Å². The molecule has 1 rings (SSSR count). The van der Waals surface area contributed by atoms with Crippen LogP contribution in [0.4, 0.5) is 0 Å². The third-order valence-corrected chi connectivity index (χ3v) is 1.79. The second-order valence-corrected chi connectivity index (χ2v) is 2.72. The summed E-state index contributed by atoms with van der Waals surface area (Å²) in [5.41, 5.74) is 3.99. The number of hydrazine groups is 1. The Morgan fingerprint density at radius 2 is 1.92 bits per heavy atom. The van der Waals surface area contributed by atoms with Gasteiger partial charge in [-0.15, -0.1) is 12.4 Å². The van der Waals surface area contributed by atoms with Gasteiger partial charge >= 0.3 is 0 Å². The fraction of sp³-hybridized carbons (Fsp3) is 0.333. The minimum atomic E-state index is 0. The summed E-state index contributed by atoms with van der Waals surface area (Å²) in [4.78, 5) is 0. The first-order valence-electron chi connectivity index (χ1n) is 3.83. The van der Waals surface area contributed by atoms with Crippen LogP contribution in [0, 0.1) is 0 Å². The summed E-state index contributed by atoms with van der Waals surface area (Å²) >= 11 is 0. The van der Waals surface area contributed by atoms with E-state index in [1.807, 2.05) is 18.2 Å². The van der Waals surface area contributed by atoms with Crippen molar-refractivity contribution in [2.75, 3.05) is 6.54 Å². The van der Waals surface area contributed by atoms with Crippen molar-refractivity contribution in [2.45, 2.75) is 12.8 Å². The zero-order chi connectivity index (χ0) is 8.10. The van der Waals surface area contributed by atoms with Gasteiger partial charge in [0.25, 0.3) is 0 Å². The number of hydrogen-bond acceptors (Lipinski definition) is 2. The minimum absolute atomic E-state index is 0. The molecule has 1 unspecified atom stereocenters. The van der Waals surface area contributed by atoms with Crippen molar-refractivity contribution < 1.29 is 0 Å². The molecule has 0 aliphatic rings. The number of hydrogen-bond donors (Lipinski definition) is 2. The van der Waals surface area contributed by atoms with Crippen molar-refractivity contribution in [3.05, 3.63) is 35.9 Å². The van der Waals surface area contributed by atoms with E-state index in [-0.39, 0.29) is 12.4 Å². The Balaban J connectivity index is 0.00000121. The molecule has 1 aromatic carbocycles. The van der Waals surface area contributed by atoms with Gasteiger partial charge in [0.1, 0.15) is 0 Å². The molecule has 68 valence electrons. The summed E-state index contributed by atoms with van der Waals surface area (Å²) in [6.45, 7) is 2.97. The molecule has 0 fully saturated rings. The van der Waals surface area contributed by atoms with Gasteiger partial charge in [-0.05, 0) is 11.5 Å². The molecule has 0 saturated carbocycles. The summed E-state index contributed by atoms with van der Waals surface area (Å²) < 4.78 is 0. The SMILES string of the molecule is CC(CNN)c1ccccc1.Cl. The average Bonchev–Trinajstić information content (AvgIpc) is 2.07. The quantitative estimate of drug-likeness (QED) is 0.557. The van der Waals surface area contributed by atoms with Crippen molar-refractivity contribution in [2.24, 2.45) is 5.84 Å². The lowest BCUT2D eigenvalue weighted by Gasteiger charge is -2.09. The topological polar surface area (TPSA) is 38.0 Å². The van der Waals surface area contributed by atoms with Gasteiger partial charge in [-0.1, -0.05) is 37.3 Å². The van der Waals surface area contributed by atoms with Crippen molar-refractivity contribution in [3.8, 4) is 0 Å². The van der Waals surface area contributed by atoms with Crippen molar-refractivity contribution in [3.63, 3.8) is 0 Å². The average molecular weight is 187 g/mol. The first kappa shape index (κ1) is 11.4. The molecule has 1 atom stereocenters. The molecule has 2 nitrogen and oxygen atoms in total. The molecule has 1 aromatic rings. The van der Waals surface area contributed by atoms with Gasteiger partial charge in [-0.25, -0.2) is 0 Å². The predicted octanol–water partition coefficient (Wildman–Crippen LogP) is 1.68. The Labute approximate surface area is 79.5 Å². The predicted molar refractivity (Wildman–Crippen MR) is 54.3 cm³/mol. The van der Waals surface area contributed by atoms with Crippen LogP contribution >= 0.6 is 12.4 Å². The highest BCUT2D eigenvalue weighted by Gasteiger charge is 2.01. The molecule has 0 spiro atoms. The summed E-state index contributed by atoms with van der Waals surface area (Å²) in [6.07, 6.45) is 0. The van der Waals surface area contributed by atoms with E-state index in [0.29, 0.717) is 5.92 Å². The maximum atomic E-state index is 5.22. The minimum Gasteiger partial charge on any atom is -0.271 e. The third kappa shape index (κ3) is 3.22. The van der Waals surface area contributed by atoms with Crippen LogP contribution in [-0.2, 0) is 0 Å². The lowest BCUT2D eigenvalue weighted by atomic mass is 10.0. The van der Waals surface area contributed by atoms with Crippen LogP contribution in [0.1, 0.15) is 18.4 Å². The van der Waals surface area contributed by atoms with Gasteiger partial charge in [0, 0.05) is 6.54 Å². The molecular formula is C9H15ClN2. The Morgan fingerprint density at radius 3 is 2.42 bits per heavy atom. The molecule has 0 bridgehead atoms. The highest BCUT2D eigenvalue weighted by Crippen LogP contribution is 2.12. The highest BCUT2D eigenvalue weighted by molar-refractivity contribution is 5.85. The van der Waals surface area contributed by atoms with Crippen LogP contribution in [0.15, 0.2) is 30.3 Å². The maximum Gasteiger partial charge on any atom is 0.0164 e. The van der Waals surface area contributed by atoms with E-state index in [1.165, 1.54) is 5.56 Å². The first-order valence-corrected chi connectivity index (χ1v) is 3.83. The van der Waals surface area contributed by atoms with Gasteiger partial charge in [-0.2, -0.15) is 0 Å². The van der Waals surface area contributed by atoms with Crippen LogP contribution in [0.3, 0.4) is 0 Å². The van der Waals surface area contributed by atoms with Crippen molar-refractivity contribution in [1.82, 2.24) is 5.43 Å². The first-order chi connectivity index (χ1) is 5.34. The molecule has 0 heterocycles. The maximum absolute atomic E-state index is 5.22. The zero-order valence-corrected chi connectivity index (χ0v) is 7.97. The normalized spacial score (nSPS) is 11.8. The molecule has 3 N–H and O–H groups in total. The molecular weight excluding hydrogens is 172 g/mol. The Kier molecular flexibility index (Phi) is 5.72. The van der Waals surface area contributed by atoms with E-state index in [0.717, 1.165) is 6.54 Å². The molecule has 3 heteroatoms. The highest BCUT2D eigenvalue weighted by atomic mass is 35.5. The van der Waals surface area contributed by atoms with E-state index >= 15 is 0 Å². The molecule has 0 aromatic heterocycles. The smallest absolute Gasteiger partial charge is 0.0164 e. The molecule has 0 radical (unpaired) electrons. The van der Waals surface area contributed by atoms with Crippen LogP contribution in [0.2, 0.25) is 0 Å². The van der Waals surface area contributed by atoms with E-state index in [4.69, 9.17) is 5.84 Å². The van der Waals surface area contributed by atoms with Crippen LogP contribution in [0.25, 0.3) is 0 Å². The molecule has 0 amide bonds. The largest absolute Gasteiger partial charge is 0.271 e. The van der Waals surface area contributed by atoms with E-state index < -0.39 is 0 Å². The molecule has 12 heavy (non-hydrogen) atoms. The van der Waals surface area contributed by atoms with Gasteiger partial charge in [0.05, 0.1) is 0 Å². The van der Waals surface area contributed by atoms with Gasteiger partial charge in [0.2, 0.25) is 0 Å². The number of nitrogens with two attached hydrogens (primary N) is 1. The summed E-state index contributed by atoms with van der Waals surface area (Å²) in [5, 5.41) is 0. The summed E-state index contributed by atoms with van der Waals surface area (Å²) in [6, 6.07) is 10.3.